The molecule has 0 fully saturated rings. The van der Waals surface area contributed by atoms with Crippen molar-refractivity contribution in [1.82, 2.24) is 5.32 Å². The van der Waals surface area contributed by atoms with Gasteiger partial charge in [-0.2, -0.15) is 0 Å². The first-order chi connectivity index (χ1) is 10.1. The van der Waals surface area contributed by atoms with Crippen LogP contribution in [0.1, 0.15) is 22.3 Å². The average Bonchev–Trinajstić information content (AvgIpc) is 2.93. The van der Waals surface area contributed by atoms with Crippen LogP contribution in [-0.4, -0.2) is 4.92 Å². The number of aryl methyl sites for hydroxylation is 1. The molecule has 3 rings (SSSR count). The van der Waals surface area contributed by atoms with Crippen LogP contribution in [0.3, 0.4) is 0 Å². The van der Waals surface area contributed by atoms with Crippen molar-refractivity contribution in [2.45, 2.75) is 26.6 Å². The number of rotatable bonds is 4. The minimum absolute atomic E-state index is 0.112. The molecule has 1 heterocycles. The fraction of sp³-hybridized carbons (Fsp3) is 0.250. The van der Waals surface area contributed by atoms with E-state index in [1.807, 2.05) is 6.92 Å². The van der Waals surface area contributed by atoms with Gasteiger partial charge in [0.1, 0.15) is 0 Å². The molecule has 0 radical (unpaired) electrons. The van der Waals surface area contributed by atoms with Gasteiger partial charge in [-0.15, -0.1) is 0 Å². The third-order valence-electron chi connectivity index (χ3n) is 3.82. The largest absolute Gasteiger partial charge is 0.381 e. The van der Waals surface area contributed by atoms with Gasteiger partial charge in [0, 0.05) is 37.5 Å². The number of anilines is 1. The van der Waals surface area contributed by atoms with Gasteiger partial charge in [0.2, 0.25) is 0 Å². The molecule has 0 saturated heterocycles. The van der Waals surface area contributed by atoms with Crippen LogP contribution in [0, 0.1) is 17.0 Å². The predicted octanol–water partition coefficient (Wildman–Crippen LogP) is 3.12. The molecule has 0 unspecified atom stereocenters. The molecule has 108 valence electrons. The van der Waals surface area contributed by atoms with E-state index in [1.165, 1.54) is 22.8 Å². The van der Waals surface area contributed by atoms with Crippen LogP contribution in [0.4, 0.5) is 11.4 Å². The number of nitrogens with one attached hydrogen (secondary N) is 2. The number of benzene rings is 2. The Balaban J connectivity index is 1.75. The van der Waals surface area contributed by atoms with Crippen molar-refractivity contribution in [3.05, 3.63) is 68.8 Å². The Morgan fingerprint density at radius 2 is 2.00 bits per heavy atom. The van der Waals surface area contributed by atoms with E-state index >= 15 is 0 Å². The zero-order valence-corrected chi connectivity index (χ0v) is 11.8. The van der Waals surface area contributed by atoms with Crippen molar-refractivity contribution in [2.24, 2.45) is 0 Å². The number of nitro benzene ring substituents is 1. The molecule has 0 bridgehead atoms. The molecule has 5 nitrogen and oxygen atoms in total. The molecule has 5 heteroatoms. The summed E-state index contributed by atoms with van der Waals surface area (Å²) in [4.78, 5) is 10.5. The smallest absolute Gasteiger partial charge is 0.271 e. The Labute approximate surface area is 123 Å². The second kappa shape index (κ2) is 5.54. The monoisotopic (exact) mass is 283 g/mol. The van der Waals surface area contributed by atoms with Crippen LogP contribution in [0.2, 0.25) is 0 Å². The lowest BCUT2D eigenvalue weighted by Gasteiger charge is -2.10. The molecule has 1 aliphatic heterocycles. The maximum Gasteiger partial charge on any atom is 0.271 e. The minimum atomic E-state index is -0.369. The summed E-state index contributed by atoms with van der Waals surface area (Å²) in [7, 11) is 0. The molecule has 2 aromatic rings. The van der Waals surface area contributed by atoms with E-state index in [4.69, 9.17) is 0 Å². The number of nitrogens with zero attached hydrogens (tertiary/aromatic N) is 1. The lowest BCUT2D eigenvalue weighted by atomic mass is 10.1. The van der Waals surface area contributed by atoms with Crippen LogP contribution >= 0.6 is 0 Å². The molecule has 21 heavy (non-hydrogen) atoms. The van der Waals surface area contributed by atoms with Gasteiger partial charge in [0.15, 0.2) is 0 Å². The summed E-state index contributed by atoms with van der Waals surface area (Å²) in [5, 5.41) is 17.5. The molecular weight excluding hydrogens is 266 g/mol. The van der Waals surface area contributed by atoms with Crippen molar-refractivity contribution < 1.29 is 4.92 Å². The van der Waals surface area contributed by atoms with Gasteiger partial charge in [-0.05, 0) is 29.2 Å². The van der Waals surface area contributed by atoms with Crippen LogP contribution in [-0.2, 0) is 19.6 Å². The first kappa shape index (κ1) is 13.6. The van der Waals surface area contributed by atoms with E-state index < -0.39 is 0 Å². The zero-order chi connectivity index (χ0) is 14.8. The van der Waals surface area contributed by atoms with Crippen LogP contribution in [0.5, 0.6) is 0 Å². The van der Waals surface area contributed by atoms with Gasteiger partial charge in [-0.3, -0.25) is 10.1 Å². The average molecular weight is 283 g/mol. The van der Waals surface area contributed by atoms with Gasteiger partial charge in [0.05, 0.1) is 4.92 Å². The van der Waals surface area contributed by atoms with Crippen molar-refractivity contribution in [1.29, 1.82) is 0 Å². The molecule has 2 aromatic carbocycles. The SMILES string of the molecule is Cc1ccc([N+](=O)[O-])cc1NCc1ccc2c(c1)CNC2. The fourth-order valence-corrected chi connectivity index (χ4v) is 2.57. The topological polar surface area (TPSA) is 67.2 Å². The van der Waals surface area contributed by atoms with E-state index in [0.29, 0.717) is 6.54 Å². The summed E-state index contributed by atoms with van der Waals surface area (Å²) >= 11 is 0. The third kappa shape index (κ3) is 2.87. The Morgan fingerprint density at radius 1 is 1.19 bits per heavy atom. The molecule has 2 N–H and O–H groups in total. The molecule has 0 saturated carbocycles. The molecule has 0 spiro atoms. The van der Waals surface area contributed by atoms with Gasteiger partial charge in [-0.1, -0.05) is 24.3 Å². The maximum atomic E-state index is 10.8. The zero-order valence-electron chi connectivity index (χ0n) is 11.8. The molecule has 1 aliphatic rings. The van der Waals surface area contributed by atoms with Crippen LogP contribution in [0.25, 0.3) is 0 Å². The lowest BCUT2D eigenvalue weighted by molar-refractivity contribution is -0.384. The van der Waals surface area contributed by atoms with Gasteiger partial charge >= 0.3 is 0 Å². The van der Waals surface area contributed by atoms with Crippen LogP contribution < -0.4 is 10.6 Å². The summed E-state index contributed by atoms with van der Waals surface area (Å²) in [5.41, 5.74) is 5.80. The second-order valence-corrected chi connectivity index (χ2v) is 5.32. The quantitative estimate of drug-likeness (QED) is 0.668. The maximum absolute atomic E-state index is 10.8. The third-order valence-corrected chi connectivity index (χ3v) is 3.82. The standard InChI is InChI=1S/C16H17N3O2/c1-11-2-5-15(19(20)21)7-16(11)18-8-12-3-4-13-9-17-10-14(13)6-12/h2-7,17-18H,8-10H2,1H3. The molecule has 0 atom stereocenters. The highest BCUT2D eigenvalue weighted by Crippen LogP contribution is 2.23. The molecule has 0 aliphatic carbocycles. The summed E-state index contributed by atoms with van der Waals surface area (Å²) in [6, 6.07) is 11.3. The Bertz CT molecular complexity index is 698. The number of hydrogen-bond acceptors (Lipinski definition) is 4. The van der Waals surface area contributed by atoms with Crippen LogP contribution in [0.15, 0.2) is 36.4 Å². The van der Waals surface area contributed by atoms with Crippen molar-refractivity contribution >= 4 is 11.4 Å². The predicted molar refractivity (Wildman–Crippen MR) is 82.1 cm³/mol. The van der Waals surface area contributed by atoms with Crippen molar-refractivity contribution in [3.63, 3.8) is 0 Å². The van der Waals surface area contributed by atoms with E-state index in [0.717, 1.165) is 24.3 Å². The van der Waals surface area contributed by atoms with Gasteiger partial charge < -0.3 is 10.6 Å². The Morgan fingerprint density at radius 3 is 2.81 bits per heavy atom. The van der Waals surface area contributed by atoms with E-state index in [2.05, 4.69) is 28.8 Å². The first-order valence-corrected chi connectivity index (χ1v) is 6.94. The van der Waals surface area contributed by atoms with Gasteiger partial charge in [0.25, 0.3) is 5.69 Å². The summed E-state index contributed by atoms with van der Waals surface area (Å²) in [6.45, 7) is 4.46. The highest BCUT2D eigenvalue weighted by atomic mass is 16.6. The van der Waals surface area contributed by atoms with E-state index in [-0.39, 0.29) is 10.6 Å². The Kier molecular flexibility index (Phi) is 3.58. The summed E-state index contributed by atoms with van der Waals surface area (Å²) < 4.78 is 0. The second-order valence-electron chi connectivity index (χ2n) is 5.32. The molecular formula is C16H17N3O2. The van der Waals surface area contributed by atoms with Gasteiger partial charge in [-0.25, -0.2) is 0 Å². The highest BCUT2D eigenvalue weighted by Gasteiger charge is 2.11. The highest BCUT2D eigenvalue weighted by molar-refractivity contribution is 5.57. The molecule has 0 amide bonds. The number of hydrogen-bond donors (Lipinski definition) is 2. The lowest BCUT2D eigenvalue weighted by Crippen LogP contribution is -2.02. The number of non-ortho nitro benzene ring substituents is 1. The minimum Gasteiger partial charge on any atom is -0.381 e. The van der Waals surface area contributed by atoms with E-state index in [9.17, 15) is 10.1 Å². The van der Waals surface area contributed by atoms with Crippen molar-refractivity contribution in [2.75, 3.05) is 5.32 Å². The van der Waals surface area contributed by atoms with Crippen molar-refractivity contribution in [3.8, 4) is 0 Å². The fourth-order valence-electron chi connectivity index (χ4n) is 2.57. The first-order valence-electron chi connectivity index (χ1n) is 6.94. The summed E-state index contributed by atoms with van der Waals surface area (Å²) in [6.07, 6.45) is 0. The van der Waals surface area contributed by atoms with E-state index in [1.54, 1.807) is 12.1 Å². The molecule has 0 aromatic heterocycles. The summed E-state index contributed by atoms with van der Waals surface area (Å²) in [5.74, 6) is 0. The Hall–Kier alpha value is -2.40. The number of nitro groups is 1. The number of fused-ring (bicyclic) bond motifs is 1. The normalized spacial score (nSPS) is 13.0.